The van der Waals surface area contributed by atoms with Crippen molar-refractivity contribution >= 4 is 59.0 Å². The van der Waals surface area contributed by atoms with Crippen LogP contribution in [-0.4, -0.2) is 186 Å². The molecule has 4 aromatic rings. The number of hydrogen-bond donors (Lipinski definition) is 2. The van der Waals surface area contributed by atoms with Crippen molar-refractivity contribution in [3.8, 4) is 0 Å². The van der Waals surface area contributed by atoms with Gasteiger partial charge in [-0.3, -0.25) is 9.80 Å². The van der Waals surface area contributed by atoms with Crippen molar-refractivity contribution < 1.29 is 86.6 Å². The molecule has 2 aliphatic heterocycles. The van der Waals surface area contributed by atoms with Crippen LogP contribution in [0, 0.1) is 0 Å². The molecule has 474 valence electrons. The lowest BCUT2D eigenvalue weighted by Crippen LogP contribution is -2.47. The molecular formula is C64H76Cl2N4O18. The van der Waals surface area contributed by atoms with Crippen LogP contribution in [-0.2, 0) is 89.4 Å². The Hall–Kier alpha value is -7.48. The molecule has 0 amide bonds. The molecule has 2 N–H and O–H groups in total. The van der Waals surface area contributed by atoms with E-state index in [2.05, 4.69) is 9.80 Å². The molecule has 24 heteroatoms. The molecule has 0 bridgehead atoms. The summed E-state index contributed by atoms with van der Waals surface area (Å²) in [6, 6.07) is 32.6. The Bertz CT molecular complexity index is 2970. The predicted octanol–water partition coefficient (Wildman–Crippen LogP) is 6.99. The second-order valence-corrected chi connectivity index (χ2v) is 20.9. The van der Waals surface area contributed by atoms with Crippen LogP contribution in [0.1, 0.15) is 61.8 Å². The van der Waals surface area contributed by atoms with Crippen LogP contribution in [0.3, 0.4) is 0 Å². The third-order valence-corrected chi connectivity index (χ3v) is 14.8. The molecule has 0 aliphatic carbocycles. The number of halogens is 2. The number of hydroxylamine groups is 4. The number of rotatable bonds is 33. The second-order valence-electron chi connectivity index (χ2n) is 20.1. The van der Waals surface area contributed by atoms with Crippen LogP contribution in [0.4, 0.5) is 0 Å². The summed E-state index contributed by atoms with van der Waals surface area (Å²) in [7, 11) is 6.10. The fraction of sp³-hybridized carbons (Fsp3) is 0.406. The van der Waals surface area contributed by atoms with E-state index in [1.54, 1.807) is 62.4 Å². The Morgan fingerprint density at radius 3 is 1.17 bits per heavy atom. The van der Waals surface area contributed by atoms with Crippen LogP contribution in [0.15, 0.2) is 154 Å². The number of nitrogens with zero attached hydrogens (tertiary/aromatic N) is 4. The van der Waals surface area contributed by atoms with Gasteiger partial charge in [0.25, 0.3) is 0 Å². The van der Waals surface area contributed by atoms with Gasteiger partial charge in [-0.05, 0) is 76.2 Å². The largest absolute Gasteiger partial charge is 0.466 e. The van der Waals surface area contributed by atoms with E-state index in [0.717, 1.165) is 35.5 Å². The number of esters is 4. The molecule has 2 aliphatic rings. The average Bonchev–Trinajstić information content (AvgIpc) is 0.817. The van der Waals surface area contributed by atoms with Crippen LogP contribution in [0.2, 0.25) is 10.0 Å². The molecular weight excluding hydrogens is 1180 g/mol. The van der Waals surface area contributed by atoms with Gasteiger partial charge in [0.05, 0.1) is 137 Å². The lowest BCUT2D eigenvalue weighted by Gasteiger charge is -2.38. The highest BCUT2D eigenvalue weighted by molar-refractivity contribution is 6.32. The summed E-state index contributed by atoms with van der Waals surface area (Å²) in [4.78, 5) is 101. The van der Waals surface area contributed by atoms with Crippen molar-refractivity contribution in [2.45, 2.75) is 64.8 Å². The zero-order valence-corrected chi connectivity index (χ0v) is 52.1. The monoisotopic (exact) mass is 1260 g/mol. The van der Waals surface area contributed by atoms with E-state index in [1.807, 2.05) is 74.8 Å². The van der Waals surface area contributed by atoms with E-state index < -0.39 is 73.1 Å². The van der Waals surface area contributed by atoms with E-state index in [1.165, 1.54) is 13.8 Å². The predicted molar refractivity (Wildman–Crippen MR) is 322 cm³/mol. The first-order valence-electron chi connectivity index (χ1n) is 28.4. The fourth-order valence-corrected chi connectivity index (χ4v) is 10.3. The van der Waals surface area contributed by atoms with Gasteiger partial charge in [-0.2, -0.15) is 10.1 Å². The Morgan fingerprint density at radius 1 is 0.489 bits per heavy atom. The number of hydrogen-bond acceptors (Lipinski definition) is 22. The molecule has 22 nitrogen and oxygen atoms in total. The SMILES string of the molecule is CCOC(=O)C1=C(COCCOCCN(C)Cc2ccccc2)N(OC(=O)C(O)C(O)C(=O)ON2C(C)=C(C(=O)OC)[C@H](c3ccccc3Cl)C(C(=O)OCC)=C2COCCOCCN(C)Cc2ccccc2)C(C)=C(C(=O)OC)[C@@H]1c1ccccc1Cl. The molecule has 2 heterocycles. The summed E-state index contributed by atoms with van der Waals surface area (Å²) >= 11 is 13.6. The minimum atomic E-state index is -2.80. The van der Waals surface area contributed by atoms with Gasteiger partial charge in [0, 0.05) is 36.2 Å². The molecule has 4 aromatic carbocycles. The van der Waals surface area contributed by atoms with Gasteiger partial charge in [-0.15, -0.1) is 0 Å². The number of methoxy groups -OCH3 is 2. The van der Waals surface area contributed by atoms with E-state index >= 15 is 0 Å². The lowest BCUT2D eigenvalue weighted by atomic mass is 9.80. The second kappa shape index (κ2) is 34.9. The molecule has 2 unspecified atom stereocenters. The fourth-order valence-electron chi connectivity index (χ4n) is 9.79. The summed E-state index contributed by atoms with van der Waals surface area (Å²) in [5.41, 5.74) is 0.917. The lowest BCUT2D eigenvalue weighted by molar-refractivity contribution is -0.206. The summed E-state index contributed by atoms with van der Waals surface area (Å²) < 4.78 is 45.4. The third-order valence-electron chi connectivity index (χ3n) is 14.1. The quantitative estimate of drug-likeness (QED) is 0.0277. The van der Waals surface area contributed by atoms with Gasteiger partial charge in [-0.1, -0.05) is 120 Å². The first kappa shape index (κ1) is 69.6. The highest BCUT2D eigenvalue weighted by Gasteiger charge is 2.48. The number of carbonyl (C=O) groups is 6. The average molecular weight is 1260 g/mol. The van der Waals surface area contributed by atoms with E-state index in [0.29, 0.717) is 39.4 Å². The van der Waals surface area contributed by atoms with Gasteiger partial charge in [0.1, 0.15) is 0 Å². The first-order chi connectivity index (χ1) is 42.4. The van der Waals surface area contributed by atoms with Crippen molar-refractivity contribution in [2.24, 2.45) is 0 Å². The highest BCUT2D eigenvalue weighted by atomic mass is 35.5. The maximum Gasteiger partial charge on any atom is 0.364 e. The van der Waals surface area contributed by atoms with Crippen molar-refractivity contribution in [3.63, 3.8) is 0 Å². The molecule has 0 fully saturated rings. The van der Waals surface area contributed by atoms with Crippen molar-refractivity contribution in [1.29, 1.82) is 0 Å². The number of carbonyl (C=O) groups excluding carboxylic acids is 6. The maximum absolute atomic E-state index is 14.4. The van der Waals surface area contributed by atoms with Gasteiger partial charge < -0.3 is 57.8 Å². The number of ether oxygens (including phenoxy) is 8. The molecule has 0 aromatic heterocycles. The Balaban J connectivity index is 1.30. The molecule has 6 rings (SSSR count). The van der Waals surface area contributed by atoms with Gasteiger partial charge >= 0.3 is 35.8 Å². The number of benzene rings is 4. The number of aliphatic hydroxyl groups excluding tert-OH is 2. The zero-order valence-electron chi connectivity index (χ0n) is 50.6. The van der Waals surface area contributed by atoms with Gasteiger partial charge in [0.2, 0.25) is 0 Å². The number of allylic oxidation sites excluding steroid dienone is 2. The summed E-state index contributed by atoms with van der Waals surface area (Å²) in [5, 5.41) is 25.1. The summed E-state index contributed by atoms with van der Waals surface area (Å²) in [6.07, 6.45) is -5.60. The minimum Gasteiger partial charge on any atom is -0.466 e. The third kappa shape index (κ3) is 18.3. The minimum absolute atomic E-state index is 0.0674. The molecule has 0 radical (unpaired) electrons. The normalized spacial score (nSPS) is 16.0. The molecule has 4 atom stereocenters. The summed E-state index contributed by atoms with van der Waals surface area (Å²) in [6.45, 7) is 7.68. The summed E-state index contributed by atoms with van der Waals surface area (Å²) in [5.74, 6) is -10.0. The standard InChI is InChI=1S/C64H76Cl2N4O18/c1-9-85-61(75)55-49(39-83-35-33-81-31-29-67(5)37-43-21-13-11-14-22-43)69(41(3)51(59(73)79-7)53(55)45-25-17-19-27-47(45)65)87-63(77)57(71)58(72)64(78)88-70-42(4)52(60(74)80-8)54(46-26-18-20-28-48(46)66)56(62(76)86-10-2)50(70)40-84-36-34-82-32-30-68(6)38-44-23-15-12-16-24-44/h11-28,53-54,57-58,71-72H,9-10,29-40H2,1-8H3/t53-,54-,57?,58?/m0/s1. The topological polar surface area (TPSA) is 248 Å². The Labute approximate surface area is 522 Å². The molecule has 0 saturated carbocycles. The van der Waals surface area contributed by atoms with Crippen LogP contribution >= 0.6 is 23.2 Å². The zero-order chi connectivity index (χ0) is 63.9. The molecule has 0 spiro atoms. The Morgan fingerprint density at radius 2 is 0.830 bits per heavy atom. The van der Waals surface area contributed by atoms with E-state index in [4.69, 9.17) is 70.8 Å². The maximum atomic E-state index is 14.4. The number of aliphatic hydroxyl groups is 2. The van der Waals surface area contributed by atoms with E-state index in [9.17, 15) is 39.0 Å². The number of likely N-dealkylation sites (N-methyl/N-ethyl adjacent to an activating group) is 2. The molecule has 0 saturated heterocycles. The van der Waals surface area contributed by atoms with Crippen molar-refractivity contribution in [3.05, 3.63) is 187 Å². The van der Waals surface area contributed by atoms with Crippen LogP contribution in [0.25, 0.3) is 0 Å². The van der Waals surface area contributed by atoms with Gasteiger partial charge in [0.15, 0.2) is 12.2 Å². The molecule has 88 heavy (non-hydrogen) atoms. The van der Waals surface area contributed by atoms with Crippen molar-refractivity contribution in [1.82, 2.24) is 19.9 Å². The van der Waals surface area contributed by atoms with Crippen molar-refractivity contribution in [2.75, 3.05) is 107 Å². The first-order valence-corrected chi connectivity index (χ1v) is 29.2. The van der Waals surface area contributed by atoms with Gasteiger partial charge in [-0.25, -0.2) is 28.8 Å². The van der Waals surface area contributed by atoms with Crippen LogP contribution < -0.4 is 0 Å². The smallest absolute Gasteiger partial charge is 0.364 e. The Kier molecular flexibility index (Phi) is 27.6. The van der Waals surface area contributed by atoms with E-state index in [-0.39, 0.29) is 106 Å². The highest BCUT2D eigenvalue weighted by Crippen LogP contribution is 2.47. The van der Waals surface area contributed by atoms with Crippen LogP contribution in [0.5, 0.6) is 0 Å².